The zero-order valence-electron chi connectivity index (χ0n) is 12.4. The Morgan fingerprint density at radius 2 is 2.25 bits per heavy atom. The van der Waals surface area contributed by atoms with Gasteiger partial charge in [0.1, 0.15) is 6.10 Å². The van der Waals surface area contributed by atoms with Crippen LogP contribution in [0.1, 0.15) is 31.6 Å². The van der Waals surface area contributed by atoms with E-state index in [1.807, 2.05) is 21.0 Å². The van der Waals surface area contributed by atoms with Crippen LogP contribution < -0.4 is 0 Å². The summed E-state index contributed by atoms with van der Waals surface area (Å²) in [7, 11) is 4.02. The maximum atomic E-state index is 10.7. The molecular formula is C14H24ClN3O2. The van der Waals surface area contributed by atoms with Crippen molar-refractivity contribution < 1.29 is 9.84 Å². The first-order valence-corrected chi connectivity index (χ1v) is 7.58. The van der Waals surface area contributed by atoms with Crippen molar-refractivity contribution >= 4 is 11.6 Å². The van der Waals surface area contributed by atoms with E-state index in [2.05, 4.69) is 10.00 Å². The number of aromatic nitrogens is 2. The molecule has 1 N–H and O–H groups in total. The SMILES string of the molecule is CCOC(C1CC1)C(O)c1c(Cl)cnn1CCN(C)C. The Labute approximate surface area is 125 Å². The van der Waals surface area contributed by atoms with Crippen LogP contribution in [-0.4, -0.2) is 53.1 Å². The van der Waals surface area contributed by atoms with E-state index in [-0.39, 0.29) is 6.10 Å². The average molecular weight is 302 g/mol. The predicted octanol–water partition coefficient (Wildman–Crippen LogP) is 1.95. The normalized spacial score (nSPS) is 18.5. The van der Waals surface area contributed by atoms with Crippen molar-refractivity contribution in [1.82, 2.24) is 14.7 Å². The van der Waals surface area contributed by atoms with Gasteiger partial charge in [0.2, 0.25) is 0 Å². The second-order valence-electron chi connectivity index (χ2n) is 5.61. The summed E-state index contributed by atoms with van der Waals surface area (Å²) >= 11 is 6.21. The number of aliphatic hydroxyl groups excluding tert-OH is 1. The Morgan fingerprint density at radius 1 is 1.55 bits per heavy atom. The maximum Gasteiger partial charge on any atom is 0.123 e. The molecule has 114 valence electrons. The first-order valence-electron chi connectivity index (χ1n) is 7.20. The number of hydrogen-bond donors (Lipinski definition) is 1. The fourth-order valence-electron chi connectivity index (χ4n) is 2.40. The average Bonchev–Trinajstić information content (AvgIpc) is 3.16. The zero-order chi connectivity index (χ0) is 14.7. The summed E-state index contributed by atoms with van der Waals surface area (Å²) in [5, 5.41) is 15.4. The third-order valence-corrected chi connectivity index (χ3v) is 3.92. The van der Waals surface area contributed by atoms with Gasteiger partial charge in [-0.3, -0.25) is 4.68 Å². The molecule has 0 aromatic carbocycles. The number of rotatable bonds is 8. The molecule has 0 bridgehead atoms. The Balaban J connectivity index is 2.14. The van der Waals surface area contributed by atoms with Gasteiger partial charge in [0.25, 0.3) is 0 Å². The van der Waals surface area contributed by atoms with E-state index in [4.69, 9.17) is 16.3 Å². The van der Waals surface area contributed by atoms with Crippen LogP contribution in [0, 0.1) is 5.92 Å². The number of likely N-dealkylation sites (N-methyl/N-ethyl adjacent to an activating group) is 1. The highest BCUT2D eigenvalue weighted by atomic mass is 35.5. The standard InChI is InChI=1S/C14H24ClN3O2/c1-4-20-14(10-5-6-10)13(19)12-11(15)9-16-18(12)8-7-17(2)3/h9-10,13-14,19H,4-8H2,1-3H3. The fraction of sp³-hybridized carbons (Fsp3) is 0.786. The molecule has 1 aliphatic rings. The van der Waals surface area contributed by atoms with Gasteiger partial charge in [-0.2, -0.15) is 5.10 Å². The van der Waals surface area contributed by atoms with Crippen molar-refractivity contribution in [3.63, 3.8) is 0 Å². The van der Waals surface area contributed by atoms with E-state index in [0.717, 1.165) is 19.4 Å². The monoisotopic (exact) mass is 301 g/mol. The lowest BCUT2D eigenvalue weighted by Crippen LogP contribution is -2.28. The van der Waals surface area contributed by atoms with Crippen LogP contribution in [-0.2, 0) is 11.3 Å². The molecule has 1 saturated carbocycles. The van der Waals surface area contributed by atoms with Crippen molar-refractivity contribution in [2.75, 3.05) is 27.2 Å². The first kappa shape index (κ1) is 15.8. The van der Waals surface area contributed by atoms with Crippen LogP contribution in [0.25, 0.3) is 0 Å². The minimum Gasteiger partial charge on any atom is -0.384 e. The molecular weight excluding hydrogens is 278 g/mol. The quantitative estimate of drug-likeness (QED) is 0.797. The zero-order valence-corrected chi connectivity index (χ0v) is 13.2. The Hall–Kier alpha value is -0.620. The molecule has 2 atom stereocenters. The van der Waals surface area contributed by atoms with Gasteiger partial charge >= 0.3 is 0 Å². The second-order valence-corrected chi connectivity index (χ2v) is 6.01. The first-order chi connectivity index (χ1) is 9.54. The summed E-state index contributed by atoms with van der Waals surface area (Å²) in [4.78, 5) is 2.08. The minimum atomic E-state index is -0.709. The molecule has 0 radical (unpaired) electrons. The van der Waals surface area contributed by atoms with Gasteiger partial charge in [-0.05, 0) is 39.8 Å². The van der Waals surface area contributed by atoms with Crippen molar-refractivity contribution in [3.05, 3.63) is 16.9 Å². The van der Waals surface area contributed by atoms with E-state index < -0.39 is 6.10 Å². The molecule has 0 aliphatic heterocycles. The Morgan fingerprint density at radius 3 is 2.80 bits per heavy atom. The van der Waals surface area contributed by atoms with Gasteiger partial charge in [-0.15, -0.1) is 0 Å². The molecule has 1 aromatic rings. The molecule has 2 unspecified atom stereocenters. The molecule has 0 amide bonds. The van der Waals surface area contributed by atoms with Gasteiger partial charge in [-0.25, -0.2) is 0 Å². The van der Waals surface area contributed by atoms with Gasteiger partial charge in [0.05, 0.1) is 29.6 Å². The highest BCUT2D eigenvalue weighted by Crippen LogP contribution is 2.41. The van der Waals surface area contributed by atoms with Crippen molar-refractivity contribution in [2.24, 2.45) is 5.92 Å². The molecule has 1 heterocycles. The number of halogens is 1. The highest BCUT2D eigenvalue weighted by molar-refractivity contribution is 6.31. The van der Waals surface area contributed by atoms with Crippen LogP contribution in [0.2, 0.25) is 5.02 Å². The van der Waals surface area contributed by atoms with Gasteiger partial charge < -0.3 is 14.7 Å². The van der Waals surface area contributed by atoms with Crippen molar-refractivity contribution in [1.29, 1.82) is 0 Å². The van der Waals surface area contributed by atoms with Crippen molar-refractivity contribution in [3.8, 4) is 0 Å². The number of hydrogen-bond acceptors (Lipinski definition) is 4. The summed E-state index contributed by atoms with van der Waals surface area (Å²) in [6.45, 7) is 4.10. The van der Waals surface area contributed by atoms with E-state index in [9.17, 15) is 5.11 Å². The second kappa shape index (κ2) is 6.89. The largest absolute Gasteiger partial charge is 0.384 e. The maximum absolute atomic E-state index is 10.7. The lowest BCUT2D eigenvalue weighted by atomic mass is 10.1. The molecule has 5 nitrogen and oxygen atoms in total. The molecule has 0 saturated heterocycles. The molecule has 20 heavy (non-hydrogen) atoms. The summed E-state index contributed by atoms with van der Waals surface area (Å²) in [5.41, 5.74) is 0.680. The molecule has 0 spiro atoms. The number of ether oxygens (including phenoxy) is 1. The Kier molecular flexibility index (Phi) is 5.43. The molecule has 1 aromatic heterocycles. The van der Waals surface area contributed by atoms with Crippen molar-refractivity contribution in [2.45, 2.75) is 38.5 Å². The van der Waals surface area contributed by atoms with E-state index in [0.29, 0.717) is 29.8 Å². The van der Waals surface area contributed by atoms with E-state index >= 15 is 0 Å². The van der Waals surface area contributed by atoms with Crippen LogP contribution in [0.3, 0.4) is 0 Å². The number of aliphatic hydroxyl groups is 1. The predicted molar refractivity (Wildman–Crippen MR) is 78.9 cm³/mol. The van der Waals surface area contributed by atoms with E-state index in [1.165, 1.54) is 0 Å². The molecule has 1 aliphatic carbocycles. The topological polar surface area (TPSA) is 50.5 Å². The lowest BCUT2D eigenvalue weighted by Gasteiger charge is -2.24. The summed E-state index contributed by atoms with van der Waals surface area (Å²) in [5.74, 6) is 0.443. The number of nitrogens with zero attached hydrogens (tertiary/aromatic N) is 3. The summed E-state index contributed by atoms with van der Waals surface area (Å²) in [6, 6.07) is 0. The van der Waals surface area contributed by atoms with Crippen LogP contribution >= 0.6 is 11.6 Å². The fourth-order valence-corrected chi connectivity index (χ4v) is 2.65. The Bertz CT molecular complexity index is 432. The third kappa shape index (κ3) is 3.73. The van der Waals surface area contributed by atoms with Gasteiger partial charge in [0, 0.05) is 13.2 Å². The summed E-state index contributed by atoms with van der Waals surface area (Å²) < 4.78 is 7.52. The highest BCUT2D eigenvalue weighted by Gasteiger charge is 2.39. The summed E-state index contributed by atoms with van der Waals surface area (Å²) in [6.07, 6.45) is 2.95. The van der Waals surface area contributed by atoms with Gasteiger partial charge in [-0.1, -0.05) is 11.6 Å². The molecule has 1 fully saturated rings. The van der Waals surface area contributed by atoms with Gasteiger partial charge in [0.15, 0.2) is 0 Å². The van der Waals surface area contributed by atoms with Crippen LogP contribution in [0.15, 0.2) is 6.20 Å². The smallest absolute Gasteiger partial charge is 0.123 e. The third-order valence-electron chi connectivity index (χ3n) is 3.63. The lowest BCUT2D eigenvalue weighted by molar-refractivity contribution is -0.0496. The van der Waals surface area contributed by atoms with E-state index in [1.54, 1.807) is 10.9 Å². The van der Waals surface area contributed by atoms with Crippen LogP contribution in [0.5, 0.6) is 0 Å². The molecule has 2 rings (SSSR count). The molecule has 6 heteroatoms. The minimum absolute atomic E-state index is 0.174. The van der Waals surface area contributed by atoms with Crippen LogP contribution in [0.4, 0.5) is 0 Å².